The molecule has 0 spiro atoms. The van der Waals surface area contributed by atoms with E-state index in [-0.39, 0.29) is 6.54 Å². The summed E-state index contributed by atoms with van der Waals surface area (Å²) >= 11 is 0. The van der Waals surface area contributed by atoms with Crippen LogP contribution in [0, 0.1) is 6.92 Å². The van der Waals surface area contributed by atoms with Crippen LogP contribution in [0.4, 0.5) is 0 Å². The van der Waals surface area contributed by atoms with Gasteiger partial charge in [0.2, 0.25) is 10.0 Å². The maximum atomic E-state index is 11.6. The molecular weight excluding hydrogens is 242 g/mol. The Morgan fingerprint density at radius 3 is 2.47 bits per heavy atom. The minimum atomic E-state index is -3.74. The normalized spacial score (nSPS) is 11.7. The molecule has 0 aliphatic carbocycles. The van der Waals surface area contributed by atoms with Crippen molar-refractivity contribution in [1.82, 2.24) is 4.31 Å². The van der Waals surface area contributed by atoms with E-state index in [4.69, 9.17) is 5.11 Å². The first kappa shape index (κ1) is 13.7. The van der Waals surface area contributed by atoms with Crippen LogP contribution in [0.5, 0.6) is 0 Å². The minimum Gasteiger partial charge on any atom is -0.480 e. The van der Waals surface area contributed by atoms with E-state index in [2.05, 4.69) is 0 Å². The second kappa shape index (κ2) is 5.29. The van der Waals surface area contributed by atoms with Crippen molar-refractivity contribution in [3.05, 3.63) is 35.4 Å². The number of aryl methyl sites for hydroxylation is 1. The van der Waals surface area contributed by atoms with E-state index < -0.39 is 21.7 Å². The summed E-state index contributed by atoms with van der Waals surface area (Å²) < 4.78 is 24.3. The third-order valence-corrected chi connectivity index (χ3v) is 4.13. The lowest BCUT2D eigenvalue weighted by Gasteiger charge is -2.17. The summed E-state index contributed by atoms with van der Waals surface area (Å²) in [5.74, 6) is -2.23. The zero-order valence-corrected chi connectivity index (χ0v) is 10.6. The van der Waals surface area contributed by atoms with Crippen molar-refractivity contribution in [1.29, 1.82) is 0 Å². The highest BCUT2D eigenvalue weighted by Gasteiger charge is 2.21. The molecule has 0 radical (unpaired) electrons. The van der Waals surface area contributed by atoms with E-state index in [1.54, 1.807) is 0 Å². The van der Waals surface area contributed by atoms with E-state index >= 15 is 0 Å². The Morgan fingerprint density at radius 2 is 1.94 bits per heavy atom. The third-order valence-electron chi connectivity index (χ3n) is 2.44. The van der Waals surface area contributed by atoms with Crippen molar-refractivity contribution in [2.24, 2.45) is 0 Å². The van der Waals surface area contributed by atoms with Gasteiger partial charge in [0.25, 0.3) is 0 Å². The third kappa shape index (κ3) is 3.83. The Morgan fingerprint density at radius 1 is 1.35 bits per heavy atom. The standard InChI is InChI=1S/C11H15NO4S/c1-9-5-3-4-6-10(9)7-12(2)17(15,16)8-11(13)14/h3-6H,7-8H2,1-2H3,(H,13,14). The smallest absolute Gasteiger partial charge is 0.320 e. The molecule has 0 fully saturated rings. The molecule has 6 heteroatoms. The van der Waals surface area contributed by atoms with Crippen LogP contribution in [-0.4, -0.2) is 36.6 Å². The van der Waals surface area contributed by atoms with Gasteiger partial charge in [-0.15, -0.1) is 0 Å². The molecule has 1 aromatic carbocycles. The molecule has 1 rings (SSSR count). The molecule has 0 unspecified atom stereocenters. The first-order valence-corrected chi connectivity index (χ1v) is 6.64. The zero-order chi connectivity index (χ0) is 13.1. The number of nitrogens with zero attached hydrogens (tertiary/aromatic N) is 1. The monoisotopic (exact) mass is 257 g/mol. The maximum absolute atomic E-state index is 11.6. The second-order valence-corrected chi connectivity index (χ2v) is 5.91. The number of carbonyl (C=O) groups is 1. The molecule has 1 N–H and O–H groups in total. The first-order chi connectivity index (χ1) is 7.83. The van der Waals surface area contributed by atoms with E-state index in [1.165, 1.54) is 7.05 Å². The summed E-state index contributed by atoms with van der Waals surface area (Å²) in [5.41, 5.74) is 1.84. The van der Waals surface area contributed by atoms with Crippen molar-refractivity contribution in [3.63, 3.8) is 0 Å². The number of carboxylic acid groups (broad SMARTS) is 1. The Kier molecular flexibility index (Phi) is 4.25. The molecule has 94 valence electrons. The average Bonchev–Trinajstić information content (AvgIpc) is 2.19. The molecule has 0 aliphatic rings. The highest BCUT2D eigenvalue weighted by Crippen LogP contribution is 2.11. The number of rotatable bonds is 5. The van der Waals surface area contributed by atoms with Crippen molar-refractivity contribution in [3.8, 4) is 0 Å². The number of hydrogen-bond donors (Lipinski definition) is 1. The number of sulfonamides is 1. The number of aliphatic carboxylic acids is 1. The number of hydrogen-bond acceptors (Lipinski definition) is 3. The summed E-state index contributed by atoms with van der Waals surface area (Å²) in [6.07, 6.45) is 0. The van der Waals surface area contributed by atoms with Gasteiger partial charge < -0.3 is 5.11 Å². The first-order valence-electron chi connectivity index (χ1n) is 5.03. The fraction of sp³-hybridized carbons (Fsp3) is 0.364. The highest BCUT2D eigenvalue weighted by atomic mass is 32.2. The van der Waals surface area contributed by atoms with Gasteiger partial charge in [0.15, 0.2) is 5.75 Å². The Labute approximate surface area is 101 Å². The lowest BCUT2D eigenvalue weighted by molar-refractivity contribution is -0.134. The van der Waals surface area contributed by atoms with Gasteiger partial charge in [-0.1, -0.05) is 24.3 Å². The van der Waals surface area contributed by atoms with E-state index in [9.17, 15) is 13.2 Å². The summed E-state index contributed by atoms with van der Waals surface area (Å²) in [7, 11) is -2.36. The van der Waals surface area contributed by atoms with Crippen LogP contribution in [0.3, 0.4) is 0 Å². The van der Waals surface area contributed by atoms with Crippen LogP contribution in [0.15, 0.2) is 24.3 Å². The molecule has 5 nitrogen and oxygen atoms in total. The van der Waals surface area contributed by atoms with Crippen molar-refractivity contribution in [2.75, 3.05) is 12.8 Å². The van der Waals surface area contributed by atoms with E-state index in [0.29, 0.717) is 0 Å². The molecule has 1 aromatic rings. The van der Waals surface area contributed by atoms with Gasteiger partial charge >= 0.3 is 5.97 Å². The topological polar surface area (TPSA) is 74.7 Å². The minimum absolute atomic E-state index is 0.183. The zero-order valence-electron chi connectivity index (χ0n) is 9.75. The van der Waals surface area contributed by atoms with E-state index in [1.807, 2.05) is 31.2 Å². The molecule has 0 amide bonds. The molecule has 0 atom stereocenters. The predicted molar refractivity (Wildman–Crippen MR) is 64.1 cm³/mol. The van der Waals surface area contributed by atoms with Gasteiger partial charge in [0, 0.05) is 13.6 Å². The van der Waals surface area contributed by atoms with Gasteiger partial charge in [0.1, 0.15) is 0 Å². The summed E-state index contributed by atoms with van der Waals surface area (Å²) in [4.78, 5) is 10.4. The van der Waals surface area contributed by atoms with Crippen LogP contribution in [-0.2, 0) is 21.4 Å². The van der Waals surface area contributed by atoms with Gasteiger partial charge in [-0.25, -0.2) is 12.7 Å². The SMILES string of the molecule is Cc1ccccc1CN(C)S(=O)(=O)CC(=O)O. The summed E-state index contributed by atoms with van der Waals surface area (Å²) in [5, 5.41) is 8.51. The fourth-order valence-corrected chi connectivity index (χ4v) is 2.26. The molecule has 0 saturated carbocycles. The van der Waals surface area contributed by atoms with Gasteiger partial charge in [-0.05, 0) is 18.1 Å². The van der Waals surface area contributed by atoms with Crippen LogP contribution >= 0.6 is 0 Å². The van der Waals surface area contributed by atoms with Crippen molar-refractivity contribution >= 4 is 16.0 Å². The Bertz CT molecular complexity index is 510. The fourth-order valence-electron chi connectivity index (χ4n) is 1.39. The average molecular weight is 257 g/mol. The number of benzene rings is 1. The van der Waals surface area contributed by atoms with Crippen LogP contribution in [0.2, 0.25) is 0 Å². The quantitative estimate of drug-likeness (QED) is 0.848. The summed E-state index contributed by atoms with van der Waals surface area (Å²) in [6, 6.07) is 7.39. The number of carboxylic acids is 1. The molecule has 0 aromatic heterocycles. The van der Waals surface area contributed by atoms with Crippen LogP contribution < -0.4 is 0 Å². The van der Waals surface area contributed by atoms with Crippen molar-refractivity contribution in [2.45, 2.75) is 13.5 Å². The molecule has 0 saturated heterocycles. The molecular formula is C11H15NO4S. The van der Waals surface area contributed by atoms with Gasteiger partial charge in [-0.2, -0.15) is 0 Å². The Balaban J connectivity index is 2.83. The van der Waals surface area contributed by atoms with Crippen LogP contribution in [0.25, 0.3) is 0 Å². The molecule has 0 aliphatic heterocycles. The Hall–Kier alpha value is -1.40. The lowest BCUT2D eigenvalue weighted by Crippen LogP contribution is -2.32. The summed E-state index contributed by atoms with van der Waals surface area (Å²) in [6.45, 7) is 2.06. The largest absolute Gasteiger partial charge is 0.480 e. The second-order valence-electron chi connectivity index (χ2n) is 3.83. The highest BCUT2D eigenvalue weighted by molar-refractivity contribution is 7.89. The lowest BCUT2D eigenvalue weighted by atomic mass is 10.1. The van der Waals surface area contributed by atoms with E-state index in [0.717, 1.165) is 15.4 Å². The van der Waals surface area contributed by atoms with Crippen molar-refractivity contribution < 1.29 is 18.3 Å². The van der Waals surface area contributed by atoms with Gasteiger partial charge in [-0.3, -0.25) is 4.79 Å². The molecule has 17 heavy (non-hydrogen) atoms. The van der Waals surface area contributed by atoms with Gasteiger partial charge in [0.05, 0.1) is 0 Å². The molecule has 0 bridgehead atoms. The van der Waals surface area contributed by atoms with Crippen LogP contribution in [0.1, 0.15) is 11.1 Å². The predicted octanol–water partition coefficient (Wildman–Crippen LogP) is 0.841. The molecule has 0 heterocycles. The maximum Gasteiger partial charge on any atom is 0.320 e.